The maximum Gasteiger partial charge on any atom is 0.416 e. The second-order valence-electron chi connectivity index (χ2n) is 3.64. The molecule has 0 fully saturated rings. The third kappa shape index (κ3) is 3.71. The number of benzene rings is 1. The first-order valence-corrected chi connectivity index (χ1v) is 5.23. The molecule has 1 rings (SSSR count). The molecule has 0 saturated heterocycles. The molecule has 1 aromatic carbocycles. The van der Waals surface area contributed by atoms with Crippen molar-refractivity contribution in [3.63, 3.8) is 0 Å². The van der Waals surface area contributed by atoms with Crippen LogP contribution in [0.3, 0.4) is 0 Å². The lowest BCUT2D eigenvalue weighted by atomic mass is 10.0. The van der Waals surface area contributed by atoms with Gasteiger partial charge < -0.3 is 0 Å². The molecule has 17 heavy (non-hydrogen) atoms. The van der Waals surface area contributed by atoms with Crippen LogP contribution in [0.4, 0.5) is 13.2 Å². The fourth-order valence-corrected chi connectivity index (χ4v) is 1.54. The molecule has 5 heteroatoms. The van der Waals surface area contributed by atoms with Crippen molar-refractivity contribution in [1.82, 2.24) is 0 Å². The number of nitrogens with zero attached hydrogens (tertiary/aromatic N) is 1. The Kier molecular flexibility index (Phi) is 4.46. The number of halogens is 3. The van der Waals surface area contributed by atoms with Crippen LogP contribution in [-0.2, 0) is 11.0 Å². The molecule has 1 aromatic rings. The van der Waals surface area contributed by atoms with Gasteiger partial charge in [-0.1, -0.05) is 25.5 Å². The van der Waals surface area contributed by atoms with Gasteiger partial charge >= 0.3 is 6.18 Å². The molecule has 0 bridgehead atoms. The molecule has 0 spiro atoms. The normalized spacial score (nSPS) is 12.9. The van der Waals surface area contributed by atoms with Crippen molar-refractivity contribution in [2.45, 2.75) is 32.0 Å². The summed E-state index contributed by atoms with van der Waals surface area (Å²) in [5, 5.41) is 0. The molecule has 0 aliphatic rings. The van der Waals surface area contributed by atoms with Crippen molar-refractivity contribution < 1.29 is 18.0 Å². The van der Waals surface area contributed by atoms with E-state index in [0.29, 0.717) is 12.0 Å². The Morgan fingerprint density at radius 1 is 1.29 bits per heavy atom. The van der Waals surface area contributed by atoms with Crippen LogP contribution in [0.1, 0.15) is 36.9 Å². The third-order valence-corrected chi connectivity index (χ3v) is 2.39. The maximum absolute atomic E-state index is 12.3. The summed E-state index contributed by atoms with van der Waals surface area (Å²) < 4.78 is 37.0. The Morgan fingerprint density at radius 2 is 1.88 bits per heavy atom. The highest BCUT2D eigenvalue weighted by molar-refractivity contribution is 5.36. The fourth-order valence-electron chi connectivity index (χ4n) is 1.54. The highest BCUT2D eigenvalue weighted by Gasteiger charge is 2.30. The van der Waals surface area contributed by atoms with Gasteiger partial charge in [-0.3, -0.25) is 0 Å². The molecule has 1 atom stereocenters. The van der Waals surface area contributed by atoms with E-state index in [1.165, 1.54) is 18.2 Å². The van der Waals surface area contributed by atoms with Crippen LogP contribution in [0.25, 0.3) is 0 Å². The zero-order valence-electron chi connectivity index (χ0n) is 9.29. The Labute approximate surface area is 97.2 Å². The van der Waals surface area contributed by atoms with Crippen LogP contribution in [0.5, 0.6) is 0 Å². The van der Waals surface area contributed by atoms with Crippen LogP contribution in [0, 0.1) is 0 Å². The fraction of sp³-hybridized carbons (Fsp3) is 0.417. The minimum atomic E-state index is -4.34. The van der Waals surface area contributed by atoms with Crippen molar-refractivity contribution >= 4 is 6.08 Å². The van der Waals surface area contributed by atoms with E-state index >= 15 is 0 Å². The van der Waals surface area contributed by atoms with E-state index in [0.717, 1.165) is 18.6 Å². The van der Waals surface area contributed by atoms with E-state index in [-0.39, 0.29) is 0 Å². The van der Waals surface area contributed by atoms with Gasteiger partial charge in [-0.2, -0.15) is 18.2 Å². The number of rotatable bonds is 4. The predicted octanol–water partition coefficient (Wildman–Crippen LogP) is 3.88. The second-order valence-corrected chi connectivity index (χ2v) is 3.64. The van der Waals surface area contributed by atoms with Gasteiger partial charge in [-0.25, -0.2) is 4.79 Å². The predicted molar refractivity (Wildman–Crippen MR) is 57.2 cm³/mol. The Bertz CT molecular complexity index is 405. The lowest BCUT2D eigenvalue weighted by molar-refractivity contribution is -0.137. The van der Waals surface area contributed by atoms with E-state index in [4.69, 9.17) is 0 Å². The van der Waals surface area contributed by atoms with Gasteiger partial charge in [0, 0.05) is 0 Å². The summed E-state index contributed by atoms with van der Waals surface area (Å²) in [6, 6.07) is 4.30. The van der Waals surface area contributed by atoms with Gasteiger partial charge in [0.1, 0.15) is 0 Å². The lowest BCUT2D eigenvalue weighted by Gasteiger charge is -2.11. The zero-order chi connectivity index (χ0) is 12.9. The van der Waals surface area contributed by atoms with E-state index in [1.54, 1.807) is 0 Å². The topological polar surface area (TPSA) is 29.4 Å². The molecule has 0 aliphatic carbocycles. The number of alkyl halides is 3. The zero-order valence-corrected chi connectivity index (χ0v) is 9.29. The third-order valence-electron chi connectivity index (χ3n) is 2.39. The molecule has 0 radical (unpaired) electrons. The lowest BCUT2D eigenvalue weighted by Crippen LogP contribution is -2.05. The van der Waals surface area contributed by atoms with Gasteiger partial charge in [0.15, 0.2) is 0 Å². The molecule has 2 nitrogen and oxygen atoms in total. The van der Waals surface area contributed by atoms with E-state index in [9.17, 15) is 18.0 Å². The average molecular weight is 243 g/mol. The number of isocyanates is 1. The second kappa shape index (κ2) is 5.64. The molecule has 92 valence electrons. The molecule has 0 unspecified atom stereocenters. The molecule has 0 aliphatic heterocycles. The minimum Gasteiger partial charge on any atom is -0.211 e. The molecule has 0 heterocycles. The van der Waals surface area contributed by atoms with Crippen molar-refractivity contribution in [3.05, 3.63) is 35.4 Å². The van der Waals surface area contributed by atoms with Gasteiger partial charge in [-0.15, -0.1) is 0 Å². The number of carbonyl (C=O) groups excluding carboxylic acids is 1. The SMILES string of the molecule is CCC[C@@H](N=C=O)c1ccc(C(F)(F)F)cc1. The number of hydrogen-bond acceptors (Lipinski definition) is 2. The van der Waals surface area contributed by atoms with E-state index in [1.807, 2.05) is 6.92 Å². The van der Waals surface area contributed by atoms with Crippen LogP contribution in [0.2, 0.25) is 0 Å². The Hall–Kier alpha value is -1.61. The van der Waals surface area contributed by atoms with Crippen LogP contribution >= 0.6 is 0 Å². The molecule has 0 N–H and O–H groups in total. The molecule has 0 aromatic heterocycles. The summed E-state index contributed by atoms with van der Waals surface area (Å²) in [6.45, 7) is 1.91. The molecule has 0 saturated carbocycles. The van der Waals surface area contributed by atoms with Crippen LogP contribution in [-0.4, -0.2) is 6.08 Å². The summed E-state index contributed by atoms with van der Waals surface area (Å²) >= 11 is 0. The highest BCUT2D eigenvalue weighted by Crippen LogP contribution is 2.31. The highest BCUT2D eigenvalue weighted by atomic mass is 19.4. The van der Waals surface area contributed by atoms with Crippen molar-refractivity contribution in [2.75, 3.05) is 0 Å². The van der Waals surface area contributed by atoms with Gasteiger partial charge in [0.25, 0.3) is 0 Å². The maximum atomic E-state index is 12.3. The first-order chi connectivity index (χ1) is 7.99. The van der Waals surface area contributed by atoms with E-state index < -0.39 is 17.8 Å². The number of aliphatic imine (C=N–C) groups is 1. The van der Waals surface area contributed by atoms with Gasteiger partial charge in [0.2, 0.25) is 6.08 Å². The molecular formula is C12H12F3NO. The first kappa shape index (κ1) is 13.5. The molecule has 0 amide bonds. The monoisotopic (exact) mass is 243 g/mol. The summed E-state index contributed by atoms with van der Waals surface area (Å²) in [5.74, 6) is 0. The minimum absolute atomic E-state index is 0.403. The van der Waals surface area contributed by atoms with Crippen molar-refractivity contribution in [2.24, 2.45) is 4.99 Å². The average Bonchev–Trinajstić information content (AvgIpc) is 2.28. The molecular weight excluding hydrogens is 231 g/mol. The number of hydrogen-bond donors (Lipinski definition) is 0. The smallest absolute Gasteiger partial charge is 0.211 e. The Balaban J connectivity index is 2.95. The van der Waals surface area contributed by atoms with Crippen LogP contribution < -0.4 is 0 Å². The van der Waals surface area contributed by atoms with Gasteiger partial charge in [-0.05, 0) is 24.1 Å². The van der Waals surface area contributed by atoms with Crippen molar-refractivity contribution in [1.29, 1.82) is 0 Å². The standard InChI is InChI=1S/C12H12F3NO/c1-2-3-11(16-8-17)9-4-6-10(7-5-9)12(13,14)15/h4-7,11H,2-3H2,1H3/t11-/m1/s1. The summed E-state index contributed by atoms with van der Waals surface area (Å²) in [4.78, 5) is 13.8. The van der Waals surface area contributed by atoms with Crippen molar-refractivity contribution in [3.8, 4) is 0 Å². The van der Waals surface area contributed by atoms with E-state index in [2.05, 4.69) is 4.99 Å². The largest absolute Gasteiger partial charge is 0.416 e. The summed E-state index contributed by atoms with van der Waals surface area (Å²) in [7, 11) is 0. The van der Waals surface area contributed by atoms with Gasteiger partial charge in [0.05, 0.1) is 11.6 Å². The quantitative estimate of drug-likeness (QED) is 0.582. The van der Waals surface area contributed by atoms with Crippen LogP contribution in [0.15, 0.2) is 29.3 Å². The summed E-state index contributed by atoms with van der Waals surface area (Å²) in [5.41, 5.74) is -0.102. The Morgan fingerprint density at radius 3 is 2.29 bits per heavy atom. The summed E-state index contributed by atoms with van der Waals surface area (Å²) in [6.07, 6.45) is -1.49. The first-order valence-electron chi connectivity index (χ1n) is 5.23.